The van der Waals surface area contributed by atoms with Crippen molar-refractivity contribution < 1.29 is 38.6 Å². The number of aliphatic hydroxyl groups is 1. The Morgan fingerprint density at radius 3 is 2.38 bits per heavy atom. The second kappa shape index (κ2) is 24.4. The first-order valence-corrected chi connectivity index (χ1v) is 25.8. The van der Waals surface area contributed by atoms with E-state index in [1.54, 1.807) is 17.4 Å². The van der Waals surface area contributed by atoms with Gasteiger partial charge < -0.3 is 42.2 Å². The van der Waals surface area contributed by atoms with Crippen molar-refractivity contribution in [3.63, 3.8) is 0 Å². The molecule has 7 atom stereocenters. The van der Waals surface area contributed by atoms with Gasteiger partial charge in [-0.05, 0) is 97.7 Å². The number of hydrogen-bond donors (Lipinski definition) is 6. The van der Waals surface area contributed by atoms with Gasteiger partial charge in [0.25, 0.3) is 0 Å². The van der Waals surface area contributed by atoms with Crippen LogP contribution in [0.25, 0.3) is 10.4 Å². The van der Waals surface area contributed by atoms with E-state index in [2.05, 4.69) is 20.9 Å². The van der Waals surface area contributed by atoms with Crippen LogP contribution in [0.2, 0.25) is 5.02 Å². The number of rotatable bonds is 20. The summed E-state index contributed by atoms with van der Waals surface area (Å²) in [6.45, 7) is 9.39. The molecule has 1 fully saturated rings. The van der Waals surface area contributed by atoms with Gasteiger partial charge in [-0.1, -0.05) is 87.3 Å². The van der Waals surface area contributed by atoms with Gasteiger partial charge in [-0.25, -0.2) is 4.98 Å². The number of primary amides is 1. The van der Waals surface area contributed by atoms with Gasteiger partial charge in [0.1, 0.15) is 30.5 Å². The maximum atomic E-state index is 14.2. The molecule has 4 aromatic rings. The summed E-state index contributed by atoms with van der Waals surface area (Å²) in [5.74, 6) is -1.87. The maximum absolute atomic E-state index is 14.2. The first-order valence-electron chi connectivity index (χ1n) is 24.6. The quantitative estimate of drug-likeness (QED) is 0.0562. The van der Waals surface area contributed by atoms with Crippen molar-refractivity contribution in [2.45, 2.75) is 148 Å². The molecule has 0 aliphatic carbocycles. The molecule has 1 aromatic heterocycles. The van der Waals surface area contributed by atoms with Crippen LogP contribution in [-0.2, 0) is 48.0 Å². The molecule has 3 aliphatic heterocycles. The summed E-state index contributed by atoms with van der Waals surface area (Å²) in [4.78, 5) is 88.9. The average Bonchev–Trinajstić information content (AvgIpc) is 4.05. The number of hydrogen-bond acceptors (Lipinski definition) is 11. The number of carbonyl (C=O) groups is 6. The summed E-state index contributed by atoms with van der Waals surface area (Å²) < 4.78 is 6.18. The Morgan fingerprint density at radius 1 is 0.958 bits per heavy atom. The topological polar surface area (TPSA) is 239 Å². The number of thiazole rings is 1. The summed E-state index contributed by atoms with van der Waals surface area (Å²) >= 11 is 8.14. The summed E-state index contributed by atoms with van der Waals surface area (Å²) in [6, 6.07) is 14.9. The molecule has 3 aromatic carbocycles. The highest BCUT2D eigenvalue weighted by Crippen LogP contribution is 2.39. The van der Waals surface area contributed by atoms with E-state index in [0.29, 0.717) is 49.3 Å². The van der Waals surface area contributed by atoms with Gasteiger partial charge >= 0.3 is 0 Å². The minimum absolute atomic E-state index is 0. The number of aliphatic hydroxyl groups excluding tert-OH is 1. The molecule has 0 bridgehead atoms. The first kappa shape index (κ1) is 55.7. The largest absolute Gasteiger partial charge is 0.490 e. The average molecular weight is 1050 g/mol. The smallest absolute Gasteiger partial charge is 0.246 e. The zero-order valence-corrected chi connectivity index (χ0v) is 44.0. The van der Waals surface area contributed by atoms with Crippen LogP contribution in [0, 0.1) is 12.3 Å². The molecule has 6 amide bonds. The number of β-amino-alcohol motifs (C(OH)–C–C–N with tert-alkyl or cyclic N) is 1. The van der Waals surface area contributed by atoms with Gasteiger partial charge in [0, 0.05) is 32.2 Å². The molecular weight excluding hydrogens is 980 g/mol. The standard InChI is InChI=1S/C53H67ClN8O8S.ClH/c1-30(33-15-17-35(18-16-33)47-31(2)57-29-71-47)58-49(66)41-26-38(63)27-61(41)52(69)48(53(3,4)5)60-45(65)13-8-6-7-10-32-14-21-39(54)43(24-32)70-28-37(20-23-44(56)64)59-50(67)42-25-36-12-9-11-34-19-22-40(55)51(68)62(42)46(34)36;/h9,11-12,14-18,21,24,29-30,37-38,40-42,48,63H,6-8,10,13,19-20,22-23,25-28,55H2,1-5H3,(H2,56,64)(H,58,66)(H,59,67)(H,60,65);1H/t30-,37-,38+,40-,41-,42-,48+;/m0./s1. The van der Waals surface area contributed by atoms with Gasteiger partial charge in [-0.3, -0.25) is 33.7 Å². The molecule has 0 saturated carbocycles. The zero-order chi connectivity index (χ0) is 51.1. The Bertz CT molecular complexity index is 2610. The van der Waals surface area contributed by atoms with Gasteiger partial charge in [0.2, 0.25) is 35.4 Å². The normalized spacial score (nSPS) is 19.6. The predicted molar refractivity (Wildman–Crippen MR) is 281 cm³/mol. The Hall–Kier alpha value is -5.59. The second-order valence-electron chi connectivity index (χ2n) is 20.2. The lowest BCUT2D eigenvalue weighted by molar-refractivity contribution is -0.144. The molecule has 0 radical (unpaired) electrons. The maximum Gasteiger partial charge on any atom is 0.246 e. The van der Waals surface area contributed by atoms with Crippen LogP contribution in [0.1, 0.15) is 113 Å². The number of nitrogens with one attached hydrogen (secondary N) is 3. The van der Waals surface area contributed by atoms with E-state index in [-0.39, 0.29) is 80.9 Å². The molecule has 0 spiro atoms. The number of aryl methyl sites for hydroxylation is 3. The Labute approximate surface area is 436 Å². The zero-order valence-electron chi connectivity index (χ0n) is 41.6. The van der Waals surface area contributed by atoms with Crippen LogP contribution in [0.3, 0.4) is 0 Å². The van der Waals surface area contributed by atoms with Crippen molar-refractivity contribution in [2.75, 3.05) is 18.1 Å². The number of halogens is 2. The lowest BCUT2D eigenvalue weighted by Crippen LogP contribution is -2.57. The van der Waals surface area contributed by atoms with E-state index >= 15 is 0 Å². The van der Waals surface area contributed by atoms with Crippen molar-refractivity contribution in [1.82, 2.24) is 25.8 Å². The van der Waals surface area contributed by atoms with Crippen LogP contribution < -0.4 is 37.1 Å². The number of carbonyl (C=O) groups excluding carboxylic acids is 6. The van der Waals surface area contributed by atoms with E-state index in [0.717, 1.165) is 50.5 Å². The van der Waals surface area contributed by atoms with E-state index < -0.39 is 53.5 Å². The van der Waals surface area contributed by atoms with E-state index in [4.69, 9.17) is 27.8 Å². The van der Waals surface area contributed by atoms with Gasteiger partial charge in [-0.15, -0.1) is 23.7 Å². The van der Waals surface area contributed by atoms with Crippen LogP contribution in [0.5, 0.6) is 5.75 Å². The molecule has 3 aliphatic rings. The SMILES string of the molecule is Cc1ncsc1-c1ccc([C@H](C)NC(=O)[C@@H]2C[C@@H](O)CN2C(=O)[C@@H](NC(=O)CCCCCc2ccc(Cl)c(OC[C@H](CCC(N)=O)NC(=O)[C@@H]3Cc4cccc5c4N3C(=O)[C@@H](N)CC5)c2)C(C)(C)C)cc1.Cl. The number of para-hydroxylation sites is 1. The summed E-state index contributed by atoms with van der Waals surface area (Å²) in [7, 11) is 0. The lowest BCUT2D eigenvalue weighted by Gasteiger charge is -2.35. The van der Waals surface area contributed by atoms with Crippen molar-refractivity contribution >= 4 is 76.5 Å². The molecular formula is C53H68Cl2N8O8S. The molecule has 16 nitrogen and oxygen atoms in total. The lowest BCUT2D eigenvalue weighted by atomic mass is 9.85. The minimum atomic E-state index is -0.933. The summed E-state index contributed by atoms with van der Waals surface area (Å²) in [6.07, 6.45) is 3.74. The number of benzene rings is 3. The fourth-order valence-corrected chi connectivity index (χ4v) is 10.7. The predicted octanol–water partition coefficient (Wildman–Crippen LogP) is 6.03. The molecule has 1 saturated heterocycles. The summed E-state index contributed by atoms with van der Waals surface area (Å²) in [5, 5.41) is 20.1. The molecule has 0 unspecified atom stereocenters. The third kappa shape index (κ3) is 13.5. The minimum Gasteiger partial charge on any atom is -0.490 e. The highest BCUT2D eigenvalue weighted by atomic mass is 35.5. The molecule has 19 heteroatoms. The third-order valence-electron chi connectivity index (χ3n) is 13.7. The Balaban J connectivity index is 0.00000847. The van der Waals surface area contributed by atoms with Gasteiger partial charge in [0.15, 0.2) is 0 Å². The number of nitrogens with zero attached hydrogens (tertiary/aromatic N) is 3. The van der Waals surface area contributed by atoms with Crippen molar-refractivity contribution in [1.29, 1.82) is 0 Å². The van der Waals surface area contributed by atoms with E-state index in [1.807, 2.05) is 94.7 Å². The molecule has 8 N–H and O–H groups in total. The number of amides is 6. The van der Waals surface area contributed by atoms with Crippen molar-refractivity contribution in [3.8, 4) is 16.2 Å². The second-order valence-corrected chi connectivity index (χ2v) is 21.5. The Kier molecular flexibility index (Phi) is 18.9. The highest BCUT2D eigenvalue weighted by molar-refractivity contribution is 7.13. The van der Waals surface area contributed by atoms with Crippen LogP contribution in [-0.4, -0.2) is 99.9 Å². The van der Waals surface area contributed by atoms with Gasteiger partial charge in [-0.2, -0.15) is 0 Å². The van der Waals surface area contributed by atoms with Gasteiger partial charge in [0.05, 0.1) is 51.0 Å². The number of likely N-dealkylation sites (tertiary alicyclic amines) is 1. The number of ether oxygens (including phenoxy) is 1. The third-order valence-corrected chi connectivity index (χ3v) is 15.0. The van der Waals surface area contributed by atoms with Crippen molar-refractivity contribution in [2.24, 2.45) is 16.9 Å². The monoisotopic (exact) mass is 1050 g/mol. The molecule has 72 heavy (non-hydrogen) atoms. The van der Waals surface area contributed by atoms with E-state index in [9.17, 15) is 33.9 Å². The molecule has 7 rings (SSSR count). The summed E-state index contributed by atoms with van der Waals surface area (Å²) in [5.41, 5.74) is 19.3. The molecule has 4 heterocycles. The fourth-order valence-electron chi connectivity index (χ4n) is 9.72. The van der Waals surface area contributed by atoms with Crippen LogP contribution >= 0.6 is 35.3 Å². The number of aromatic nitrogens is 1. The highest BCUT2D eigenvalue weighted by Gasteiger charge is 2.45. The number of nitrogens with two attached hydrogens (primary N) is 2. The van der Waals surface area contributed by atoms with Crippen LogP contribution in [0.4, 0.5) is 5.69 Å². The van der Waals surface area contributed by atoms with Crippen LogP contribution in [0.15, 0.2) is 66.2 Å². The van der Waals surface area contributed by atoms with Crippen molar-refractivity contribution in [3.05, 3.63) is 99.1 Å². The Morgan fingerprint density at radius 2 is 1.68 bits per heavy atom. The fraction of sp³-hybridized carbons (Fsp3) is 0.491. The molecule has 388 valence electrons. The first-order chi connectivity index (χ1) is 33.8. The van der Waals surface area contributed by atoms with E-state index in [1.165, 1.54) is 9.80 Å². The number of unbranched alkanes of at least 4 members (excludes halogenated alkanes) is 2. The number of anilines is 1.